The molecule has 0 saturated carbocycles. The summed E-state index contributed by atoms with van der Waals surface area (Å²) in [6.45, 7) is 12.0. The molecular weight excluding hydrogens is 388 g/mol. The second kappa shape index (κ2) is 9.59. The average Bonchev–Trinajstić information content (AvgIpc) is 2.71. The topological polar surface area (TPSA) is 78.4 Å². The number of aromatic nitrogens is 2. The van der Waals surface area contributed by atoms with E-state index in [0.717, 1.165) is 31.9 Å². The number of aryl methyl sites for hydroxylation is 1. The minimum absolute atomic E-state index is 0.207. The van der Waals surface area contributed by atoms with Crippen LogP contribution in [0, 0.1) is 24.7 Å². The Kier molecular flexibility index (Phi) is 7.09. The molecule has 0 aliphatic carbocycles. The summed E-state index contributed by atoms with van der Waals surface area (Å²) in [5.41, 5.74) is 0.806. The standard InChI is InChI=1S/C25H32N4O2/c1-17(2)15-20-16-29(14-13-27-20)22-9-8-19(10-11-25(4,5)31)23(28-22)24(30)21-7-6-12-26-18(21)3/h6-9,12,17,20,27,31H,13-16H2,1-5H3/t20-/m0/s1. The highest BCUT2D eigenvalue weighted by atomic mass is 16.3. The van der Waals surface area contributed by atoms with Gasteiger partial charge in [0.05, 0.1) is 5.56 Å². The minimum Gasteiger partial charge on any atom is -0.378 e. The predicted octanol–water partition coefficient (Wildman–Crippen LogP) is 2.96. The smallest absolute Gasteiger partial charge is 0.214 e. The van der Waals surface area contributed by atoms with Crippen LogP contribution in [0.2, 0.25) is 0 Å². The van der Waals surface area contributed by atoms with Crippen LogP contribution in [0.3, 0.4) is 0 Å². The molecule has 31 heavy (non-hydrogen) atoms. The Morgan fingerprint density at radius 3 is 2.81 bits per heavy atom. The Morgan fingerprint density at radius 2 is 2.13 bits per heavy atom. The van der Waals surface area contributed by atoms with Gasteiger partial charge in [-0.3, -0.25) is 9.78 Å². The average molecular weight is 421 g/mol. The summed E-state index contributed by atoms with van der Waals surface area (Å²) in [5, 5.41) is 13.6. The van der Waals surface area contributed by atoms with Crippen LogP contribution in [0.4, 0.5) is 5.82 Å². The number of ketones is 1. The van der Waals surface area contributed by atoms with Gasteiger partial charge in [0, 0.05) is 43.1 Å². The van der Waals surface area contributed by atoms with E-state index in [0.29, 0.717) is 34.5 Å². The molecule has 2 aromatic heterocycles. The number of nitrogens with one attached hydrogen (secondary N) is 1. The van der Waals surface area contributed by atoms with Gasteiger partial charge in [0.2, 0.25) is 5.78 Å². The molecule has 0 unspecified atom stereocenters. The third kappa shape index (κ3) is 6.13. The zero-order valence-electron chi connectivity index (χ0n) is 19.1. The summed E-state index contributed by atoms with van der Waals surface area (Å²) in [5.74, 6) is 6.93. The first-order chi connectivity index (χ1) is 14.6. The summed E-state index contributed by atoms with van der Waals surface area (Å²) in [6.07, 6.45) is 2.76. The van der Waals surface area contributed by atoms with E-state index < -0.39 is 5.60 Å². The van der Waals surface area contributed by atoms with Gasteiger partial charge in [0.1, 0.15) is 17.1 Å². The van der Waals surface area contributed by atoms with Crippen LogP contribution in [0.5, 0.6) is 0 Å². The molecule has 1 aliphatic rings. The van der Waals surface area contributed by atoms with Gasteiger partial charge in [-0.15, -0.1) is 0 Å². The van der Waals surface area contributed by atoms with Crippen molar-refractivity contribution in [3.63, 3.8) is 0 Å². The van der Waals surface area contributed by atoms with Crippen LogP contribution in [-0.4, -0.2) is 52.1 Å². The molecule has 0 amide bonds. The molecule has 3 heterocycles. The van der Waals surface area contributed by atoms with Gasteiger partial charge < -0.3 is 15.3 Å². The van der Waals surface area contributed by atoms with Crippen LogP contribution in [0.1, 0.15) is 61.4 Å². The number of pyridine rings is 2. The molecule has 1 saturated heterocycles. The number of nitrogens with zero attached hydrogens (tertiary/aromatic N) is 3. The number of piperazine rings is 1. The van der Waals surface area contributed by atoms with Crippen molar-refractivity contribution in [3.05, 3.63) is 53.0 Å². The zero-order chi connectivity index (χ0) is 22.6. The van der Waals surface area contributed by atoms with Crippen molar-refractivity contribution in [2.75, 3.05) is 24.5 Å². The highest BCUT2D eigenvalue weighted by molar-refractivity contribution is 6.10. The number of rotatable bonds is 5. The van der Waals surface area contributed by atoms with Crippen molar-refractivity contribution in [1.82, 2.24) is 15.3 Å². The molecule has 1 atom stereocenters. The third-order valence-corrected chi connectivity index (χ3v) is 5.19. The van der Waals surface area contributed by atoms with Gasteiger partial charge in [0.15, 0.2) is 0 Å². The molecule has 6 heteroatoms. The van der Waals surface area contributed by atoms with Crippen LogP contribution in [0.25, 0.3) is 0 Å². The number of aliphatic hydroxyl groups is 1. The maximum Gasteiger partial charge on any atom is 0.214 e. The molecular formula is C25H32N4O2. The van der Waals surface area contributed by atoms with Crippen molar-refractivity contribution >= 4 is 11.6 Å². The second-order valence-electron chi connectivity index (χ2n) is 9.07. The highest BCUT2D eigenvalue weighted by Crippen LogP contribution is 2.21. The molecule has 0 spiro atoms. The van der Waals surface area contributed by atoms with Crippen LogP contribution in [0.15, 0.2) is 30.5 Å². The largest absolute Gasteiger partial charge is 0.378 e. The minimum atomic E-state index is -1.16. The molecule has 2 aromatic rings. The van der Waals surface area contributed by atoms with Crippen molar-refractivity contribution in [1.29, 1.82) is 0 Å². The number of hydrogen-bond acceptors (Lipinski definition) is 6. The lowest BCUT2D eigenvalue weighted by atomic mass is 10.0. The number of hydrogen-bond donors (Lipinski definition) is 2. The quantitative estimate of drug-likeness (QED) is 0.572. The van der Waals surface area contributed by atoms with E-state index in [4.69, 9.17) is 4.98 Å². The molecule has 1 aliphatic heterocycles. The first-order valence-electron chi connectivity index (χ1n) is 10.9. The lowest BCUT2D eigenvalue weighted by molar-refractivity contribution is 0.103. The van der Waals surface area contributed by atoms with Crippen molar-refractivity contribution in [2.24, 2.45) is 5.92 Å². The predicted molar refractivity (Wildman–Crippen MR) is 123 cm³/mol. The fraction of sp³-hybridized carbons (Fsp3) is 0.480. The summed E-state index contributed by atoms with van der Waals surface area (Å²) < 4.78 is 0. The monoisotopic (exact) mass is 420 g/mol. The lowest BCUT2D eigenvalue weighted by Gasteiger charge is -2.35. The van der Waals surface area contributed by atoms with Crippen molar-refractivity contribution in [2.45, 2.75) is 52.7 Å². The van der Waals surface area contributed by atoms with Crippen LogP contribution in [-0.2, 0) is 0 Å². The Bertz CT molecular complexity index is 999. The van der Waals surface area contributed by atoms with Crippen molar-refractivity contribution in [3.8, 4) is 11.8 Å². The van der Waals surface area contributed by atoms with Gasteiger partial charge in [0.25, 0.3) is 0 Å². The first kappa shape index (κ1) is 22.9. The normalized spacial score (nSPS) is 16.7. The highest BCUT2D eigenvalue weighted by Gasteiger charge is 2.24. The maximum atomic E-state index is 13.4. The molecule has 164 valence electrons. The van der Waals surface area contributed by atoms with Gasteiger partial charge in [-0.2, -0.15) is 0 Å². The summed E-state index contributed by atoms with van der Waals surface area (Å²) >= 11 is 0. The van der Waals surface area contributed by atoms with E-state index in [2.05, 4.69) is 40.9 Å². The first-order valence-corrected chi connectivity index (χ1v) is 10.9. The second-order valence-corrected chi connectivity index (χ2v) is 9.07. The van der Waals surface area contributed by atoms with Crippen LogP contribution < -0.4 is 10.2 Å². The Labute approximate surface area is 185 Å². The third-order valence-electron chi connectivity index (χ3n) is 5.19. The van der Waals surface area contributed by atoms with E-state index in [1.54, 1.807) is 32.2 Å². The number of carbonyl (C=O) groups is 1. The number of anilines is 1. The SMILES string of the molecule is Cc1ncccc1C(=O)c1nc(N2CCN[C@@H](CC(C)C)C2)ccc1C#CC(C)(C)O. The van der Waals surface area contributed by atoms with Gasteiger partial charge in [-0.1, -0.05) is 25.7 Å². The molecule has 2 N–H and O–H groups in total. The van der Waals surface area contributed by atoms with E-state index in [1.807, 2.05) is 19.1 Å². The summed E-state index contributed by atoms with van der Waals surface area (Å²) in [7, 11) is 0. The molecule has 0 radical (unpaired) electrons. The number of carbonyl (C=O) groups excluding carboxylic acids is 1. The lowest BCUT2D eigenvalue weighted by Crippen LogP contribution is -2.51. The fourth-order valence-corrected chi connectivity index (χ4v) is 3.73. The summed E-state index contributed by atoms with van der Waals surface area (Å²) in [6, 6.07) is 7.65. The molecule has 0 bridgehead atoms. The Balaban J connectivity index is 2.00. The van der Waals surface area contributed by atoms with Crippen LogP contribution >= 0.6 is 0 Å². The molecule has 1 fully saturated rings. The van der Waals surface area contributed by atoms with Gasteiger partial charge in [-0.25, -0.2) is 4.98 Å². The van der Waals surface area contributed by atoms with Gasteiger partial charge in [-0.05, 0) is 57.4 Å². The Morgan fingerprint density at radius 1 is 1.35 bits per heavy atom. The molecule has 6 nitrogen and oxygen atoms in total. The van der Waals surface area contributed by atoms with Gasteiger partial charge >= 0.3 is 0 Å². The zero-order valence-corrected chi connectivity index (χ0v) is 19.1. The molecule has 0 aromatic carbocycles. The fourth-order valence-electron chi connectivity index (χ4n) is 3.73. The van der Waals surface area contributed by atoms with E-state index in [9.17, 15) is 9.90 Å². The van der Waals surface area contributed by atoms with E-state index in [-0.39, 0.29) is 5.78 Å². The maximum absolute atomic E-state index is 13.4. The molecule has 3 rings (SSSR count). The van der Waals surface area contributed by atoms with E-state index in [1.165, 1.54) is 0 Å². The van der Waals surface area contributed by atoms with Crippen molar-refractivity contribution < 1.29 is 9.90 Å². The van der Waals surface area contributed by atoms with E-state index >= 15 is 0 Å². The summed E-state index contributed by atoms with van der Waals surface area (Å²) in [4.78, 5) is 24.6. The Hall–Kier alpha value is -2.75.